The fourth-order valence-electron chi connectivity index (χ4n) is 1.78. The van der Waals surface area contributed by atoms with Crippen LogP contribution in [0, 0.1) is 0 Å². The van der Waals surface area contributed by atoms with Crippen molar-refractivity contribution < 1.29 is 9.52 Å². The molecule has 1 heterocycles. The number of fused-ring (bicyclic) bond motifs is 1. The number of nitrogens with zero attached hydrogens (tertiary/aromatic N) is 2. The molecule has 0 aliphatic rings. The molecule has 4 nitrogen and oxygen atoms in total. The van der Waals surface area contributed by atoms with E-state index in [-0.39, 0.29) is 6.04 Å². The number of aliphatic hydroxyl groups excluding tert-OH is 1. The molecule has 1 N–H and O–H groups in total. The first kappa shape index (κ1) is 11.0. The summed E-state index contributed by atoms with van der Waals surface area (Å²) >= 11 is 0. The SMILES string of the molecule is CC(C)N(c1nc2ccccc2o1)C(C)O. The Hall–Kier alpha value is -1.55. The van der Waals surface area contributed by atoms with E-state index in [0.29, 0.717) is 6.01 Å². The Morgan fingerprint density at radius 3 is 2.50 bits per heavy atom. The van der Waals surface area contributed by atoms with Crippen LogP contribution >= 0.6 is 0 Å². The fraction of sp³-hybridized carbons (Fsp3) is 0.417. The second-order valence-corrected chi connectivity index (χ2v) is 4.10. The number of benzene rings is 1. The highest BCUT2D eigenvalue weighted by atomic mass is 16.4. The number of para-hydroxylation sites is 2. The summed E-state index contributed by atoms with van der Waals surface area (Å²) in [6, 6.07) is 8.17. The molecule has 0 amide bonds. The van der Waals surface area contributed by atoms with Gasteiger partial charge in [0.2, 0.25) is 0 Å². The van der Waals surface area contributed by atoms with Gasteiger partial charge in [-0.25, -0.2) is 0 Å². The van der Waals surface area contributed by atoms with Crippen molar-refractivity contribution in [2.24, 2.45) is 0 Å². The minimum absolute atomic E-state index is 0.132. The molecule has 4 heteroatoms. The molecule has 0 aliphatic carbocycles. The molecule has 86 valence electrons. The lowest BCUT2D eigenvalue weighted by molar-refractivity contribution is 0.173. The smallest absolute Gasteiger partial charge is 0.300 e. The van der Waals surface area contributed by atoms with Crippen LogP contribution in [0.25, 0.3) is 11.1 Å². The number of oxazole rings is 1. The standard InChI is InChI=1S/C12H16N2O2/c1-8(2)14(9(3)15)12-13-10-6-4-5-7-11(10)16-12/h4-9,15H,1-3H3. The average Bonchev–Trinajstić information content (AvgIpc) is 2.58. The van der Waals surface area contributed by atoms with Crippen molar-refractivity contribution in [3.63, 3.8) is 0 Å². The summed E-state index contributed by atoms with van der Waals surface area (Å²) < 4.78 is 5.61. The minimum atomic E-state index is -0.618. The second kappa shape index (κ2) is 4.14. The predicted molar refractivity (Wildman–Crippen MR) is 63.3 cm³/mol. The third kappa shape index (κ3) is 1.88. The summed E-state index contributed by atoms with van der Waals surface area (Å²) in [5.41, 5.74) is 1.55. The number of aromatic nitrogens is 1. The first-order chi connectivity index (χ1) is 7.59. The van der Waals surface area contributed by atoms with E-state index in [0.717, 1.165) is 11.1 Å². The van der Waals surface area contributed by atoms with Gasteiger partial charge in [-0.2, -0.15) is 4.98 Å². The second-order valence-electron chi connectivity index (χ2n) is 4.10. The van der Waals surface area contributed by atoms with Crippen molar-refractivity contribution in [3.8, 4) is 0 Å². The zero-order chi connectivity index (χ0) is 11.7. The molecular weight excluding hydrogens is 204 g/mol. The summed E-state index contributed by atoms with van der Waals surface area (Å²) in [4.78, 5) is 6.09. The van der Waals surface area contributed by atoms with E-state index in [1.807, 2.05) is 38.1 Å². The minimum Gasteiger partial charge on any atom is -0.423 e. The number of hydrogen-bond donors (Lipinski definition) is 1. The molecule has 0 saturated carbocycles. The van der Waals surface area contributed by atoms with Gasteiger partial charge in [-0.15, -0.1) is 0 Å². The zero-order valence-electron chi connectivity index (χ0n) is 9.71. The van der Waals surface area contributed by atoms with E-state index in [1.165, 1.54) is 0 Å². The van der Waals surface area contributed by atoms with Crippen molar-refractivity contribution in [1.29, 1.82) is 0 Å². The Bertz CT molecular complexity index is 436. The van der Waals surface area contributed by atoms with E-state index in [1.54, 1.807) is 11.8 Å². The van der Waals surface area contributed by atoms with Gasteiger partial charge in [-0.3, -0.25) is 4.90 Å². The van der Waals surface area contributed by atoms with Gasteiger partial charge in [-0.1, -0.05) is 12.1 Å². The lowest BCUT2D eigenvalue weighted by atomic mass is 10.3. The number of aliphatic hydroxyl groups is 1. The average molecular weight is 220 g/mol. The van der Waals surface area contributed by atoms with Crippen LogP contribution in [0.15, 0.2) is 28.7 Å². The molecule has 0 bridgehead atoms. The largest absolute Gasteiger partial charge is 0.423 e. The van der Waals surface area contributed by atoms with Crippen LogP contribution in [-0.4, -0.2) is 22.4 Å². The Labute approximate surface area is 94.5 Å². The van der Waals surface area contributed by atoms with Crippen molar-refractivity contribution in [2.45, 2.75) is 33.0 Å². The number of rotatable bonds is 3. The Morgan fingerprint density at radius 1 is 1.25 bits per heavy atom. The first-order valence-corrected chi connectivity index (χ1v) is 5.41. The summed E-state index contributed by atoms with van der Waals surface area (Å²) in [7, 11) is 0. The summed E-state index contributed by atoms with van der Waals surface area (Å²) in [6.45, 7) is 5.68. The fourth-order valence-corrected chi connectivity index (χ4v) is 1.78. The van der Waals surface area contributed by atoms with Gasteiger partial charge < -0.3 is 9.52 Å². The maximum absolute atomic E-state index is 9.69. The van der Waals surface area contributed by atoms with E-state index in [2.05, 4.69) is 4.98 Å². The lowest BCUT2D eigenvalue weighted by Gasteiger charge is -2.27. The molecule has 0 spiro atoms. The lowest BCUT2D eigenvalue weighted by Crippen LogP contribution is -2.38. The Balaban J connectivity index is 2.45. The van der Waals surface area contributed by atoms with Crippen LogP contribution in [0.5, 0.6) is 0 Å². The molecule has 1 aromatic carbocycles. The van der Waals surface area contributed by atoms with Crippen LogP contribution in [0.3, 0.4) is 0 Å². The zero-order valence-corrected chi connectivity index (χ0v) is 9.71. The molecule has 2 aromatic rings. The maximum atomic E-state index is 9.69. The molecule has 2 rings (SSSR count). The maximum Gasteiger partial charge on any atom is 0.300 e. The Kier molecular flexibility index (Phi) is 2.83. The van der Waals surface area contributed by atoms with E-state index in [9.17, 15) is 5.11 Å². The molecular formula is C12H16N2O2. The molecule has 0 aliphatic heterocycles. The molecule has 1 unspecified atom stereocenters. The molecule has 1 atom stereocenters. The van der Waals surface area contributed by atoms with Crippen molar-refractivity contribution >= 4 is 17.1 Å². The van der Waals surface area contributed by atoms with E-state index < -0.39 is 6.23 Å². The van der Waals surface area contributed by atoms with Crippen molar-refractivity contribution in [2.75, 3.05) is 4.90 Å². The topological polar surface area (TPSA) is 49.5 Å². The molecule has 0 radical (unpaired) electrons. The highest BCUT2D eigenvalue weighted by molar-refractivity contribution is 5.74. The summed E-state index contributed by atoms with van der Waals surface area (Å²) in [6.07, 6.45) is -0.618. The van der Waals surface area contributed by atoms with Crippen LogP contribution in [-0.2, 0) is 0 Å². The summed E-state index contributed by atoms with van der Waals surface area (Å²) in [5.74, 6) is 0. The molecule has 16 heavy (non-hydrogen) atoms. The highest BCUT2D eigenvalue weighted by Crippen LogP contribution is 2.24. The third-order valence-electron chi connectivity index (χ3n) is 2.46. The normalized spacial score (nSPS) is 13.3. The molecule has 1 aromatic heterocycles. The molecule has 0 fully saturated rings. The van der Waals surface area contributed by atoms with Crippen LogP contribution in [0.4, 0.5) is 6.01 Å². The van der Waals surface area contributed by atoms with Gasteiger partial charge in [-0.05, 0) is 32.9 Å². The van der Waals surface area contributed by atoms with Gasteiger partial charge in [0.05, 0.1) is 0 Å². The number of anilines is 1. The van der Waals surface area contributed by atoms with Crippen LogP contribution in [0.1, 0.15) is 20.8 Å². The predicted octanol–water partition coefficient (Wildman–Crippen LogP) is 2.38. The van der Waals surface area contributed by atoms with Crippen LogP contribution in [0.2, 0.25) is 0 Å². The van der Waals surface area contributed by atoms with Gasteiger partial charge >= 0.3 is 6.01 Å². The first-order valence-electron chi connectivity index (χ1n) is 5.41. The third-order valence-corrected chi connectivity index (χ3v) is 2.46. The molecule has 0 saturated heterocycles. The van der Waals surface area contributed by atoms with Crippen LogP contribution < -0.4 is 4.90 Å². The summed E-state index contributed by atoms with van der Waals surface area (Å²) in [5, 5.41) is 9.69. The Morgan fingerprint density at radius 2 is 1.94 bits per heavy atom. The van der Waals surface area contributed by atoms with E-state index >= 15 is 0 Å². The van der Waals surface area contributed by atoms with E-state index in [4.69, 9.17) is 4.42 Å². The van der Waals surface area contributed by atoms with Gasteiger partial charge in [0.25, 0.3) is 0 Å². The monoisotopic (exact) mass is 220 g/mol. The quantitative estimate of drug-likeness (QED) is 0.807. The van der Waals surface area contributed by atoms with Gasteiger partial charge in [0, 0.05) is 6.04 Å². The van der Waals surface area contributed by atoms with Gasteiger partial charge in [0.1, 0.15) is 11.7 Å². The van der Waals surface area contributed by atoms with Gasteiger partial charge in [0.15, 0.2) is 5.58 Å². The highest BCUT2D eigenvalue weighted by Gasteiger charge is 2.20. The van der Waals surface area contributed by atoms with Crippen molar-refractivity contribution in [3.05, 3.63) is 24.3 Å². The number of hydrogen-bond acceptors (Lipinski definition) is 4. The van der Waals surface area contributed by atoms with Crippen molar-refractivity contribution in [1.82, 2.24) is 4.98 Å².